The van der Waals surface area contributed by atoms with Crippen molar-refractivity contribution >= 4 is 11.0 Å². The third-order valence-corrected chi connectivity index (χ3v) is 6.06. The summed E-state index contributed by atoms with van der Waals surface area (Å²) in [6.45, 7) is 4.78. The fraction of sp³-hybridized carbons (Fsp3) is 0.222. The number of phenols is 1. The zero-order valence-electron chi connectivity index (χ0n) is 20.2. The summed E-state index contributed by atoms with van der Waals surface area (Å²) in [5.74, 6) is 1.86. The number of ether oxygens (including phenoxy) is 1. The van der Waals surface area contributed by atoms with Crippen molar-refractivity contribution in [2.75, 3.05) is 33.3 Å². The Morgan fingerprint density at radius 3 is 2.19 bits per heavy atom. The Morgan fingerprint density at radius 2 is 1.57 bits per heavy atom. The molecule has 1 aromatic heterocycles. The van der Waals surface area contributed by atoms with E-state index < -0.39 is 10.2 Å². The van der Waals surface area contributed by atoms with Gasteiger partial charge in [-0.3, -0.25) is 4.90 Å². The van der Waals surface area contributed by atoms with E-state index in [1.54, 1.807) is 19.2 Å². The van der Waals surface area contributed by atoms with Crippen molar-refractivity contribution in [3.05, 3.63) is 89.8 Å². The van der Waals surface area contributed by atoms with Crippen molar-refractivity contribution in [2.24, 2.45) is 0 Å². The molecule has 1 saturated heterocycles. The first-order valence-electron chi connectivity index (χ1n) is 11.6. The minimum absolute atomic E-state index is 0.244. The molecule has 5 rings (SSSR count). The van der Waals surface area contributed by atoms with E-state index in [2.05, 4.69) is 45.9 Å². The topological polar surface area (TPSA) is 141 Å². The Kier molecular flexibility index (Phi) is 8.45. The summed E-state index contributed by atoms with van der Waals surface area (Å²) in [5, 5.41) is 12.1. The number of hydrogen-bond donors (Lipinski definition) is 1. The molecule has 0 saturated carbocycles. The summed E-state index contributed by atoms with van der Waals surface area (Å²) in [7, 11) is -3.28. The van der Waals surface area contributed by atoms with Crippen LogP contribution in [0.3, 0.4) is 0 Å². The van der Waals surface area contributed by atoms with E-state index in [-0.39, 0.29) is 5.75 Å². The van der Waals surface area contributed by atoms with Crippen LogP contribution in [0.4, 0.5) is 0 Å². The number of rotatable bonds is 4. The number of phenolic OH excluding ortho intramolecular Hbond substituents is 1. The molecule has 0 aliphatic carbocycles. The predicted octanol–water partition coefficient (Wildman–Crippen LogP) is -0.654. The molecule has 0 amide bonds. The number of nitrogens with zero attached hydrogens (tertiary/aromatic N) is 2. The molecule has 194 valence electrons. The monoisotopic (exact) mass is 526 g/mol. The Bertz CT molecular complexity index is 1380. The SMILES string of the molecule is COc1ccc(-c2cc(=[N+]3CCN(Cc4ccccc4)CC3)c3cc(O)ccc3o2)cc1.[O-][Cl+3]([O-])([O-])[O-]. The smallest absolute Gasteiger partial charge is 0.215 e. The zero-order chi connectivity index (χ0) is 26.4. The Morgan fingerprint density at radius 1 is 0.919 bits per heavy atom. The van der Waals surface area contributed by atoms with Gasteiger partial charge in [-0.25, -0.2) is 23.2 Å². The second-order valence-corrected chi connectivity index (χ2v) is 9.29. The van der Waals surface area contributed by atoms with Gasteiger partial charge in [0.25, 0.3) is 0 Å². The van der Waals surface area contributed by atoms with E-state index in [9.17, 15) is 5.11 Å². The van der Waals surface area contributed by atoms with Crippen molar-refractivity contribution in [3.8, 4) is 22.8 Å². The van der Waals surface area contributed by atoms with Crippen LogP contribution in [-0.2, 0) is 6.54 Å². The fourth-order valence-electron chi connectivity index (χ4n) is 4.30. The summed E-state index contributed by atoms with van der Waals surface area (Å²) in [6, 6.07) is 25.9. The van der Waals surface area contributed by atoms with E-state index in [1.807, 2.05) is 30.3 Å². The molecule has 0 spiro atoms. The first-order chi connectivity index (χ1) is 17.7. The van der Waals surface area contributed by atoms with Crippen LogP contribution < -0.4 is 33.3 Å². The van der Waals surface area contributed by atoms with Gasteiger partial charge in [0, 0.05) is 12.1 Å². The molecule has 0 radical (unpaired) electrons. The van der Waals surface area contributed by atoms with Gasteiger partial charge in [-0.15, -0.1) is 10.2 Å². The number of hydrogen-bond acceptors (Lipinski definition) is 8. The second kappa shape index (κ2) is 11.7. The highest BCUT2D eigenvalue weighted by atomic mass is 35.7. The highest BCUT2D eigenvalue weighted by Crippen LogP contribution is 2.26. The van der Waals surface area contributed by atoms with E-state index in [0.29, 0.717) is 0 Å². The molecule has 4 aromatic rings. The molecular weight excluding hydrogens is 500 g/mol. The lowest BCUT2D eigenvalue weighted by Gasteiger charge is -2.25. The van der Waals surface area contributed by atoms with E-state index >= 15 is 0 Å². The first kappa shape index (κ1) is 26.6. The van der Waals surface area contributed by atoms with Crippen LogP contribution in [-0.4, -0.2) is 43.3 Å². The van der Waals surface area contributed by atoms with Crippen LogP contribution in [0.1, 0.15) is 5.56 Å². The van der Waals surface area contributed by atoms with Crippen LogP contribution in [0.15, 0.2) is 83.3 Å². The van der Waals surface area contributed by atoms with E-state index in [1.165, 1.54) is 5.56 Å². The molecule has 10 heteroatoms. The summed E-state index contributed by atoms with van der Waals surface area (Å²) < 4.78 is 47.9. The predicted molar refractivity (Wildman–Crippen MR) is 127 cm³/mol. The maximum atomic E-state index is 10.1. The van der Waals surface area contributed by atoms with Crippen molar-refractivity contribution in [1.82, 2.24) is 9.48 Å². The number of aromatic hydroxyl groups is 1. The number of methoxy groups -OCH3 is 1. The first-order valence-corrected chi connectivity index (χ1v) is 12.8. The standard InChI is InChI=1S/C27H26N2O3.ClHO4/c1-31-23-10-7-21(8-11-23)27-18-25(24-17-22(30)9-12-26(24)32-27)29-15-13-28(14-16-29)19-20-5-3-2-4-6-20;2-1(3,4)5/h2-12,17-18H,13-16,19H2,1H3;(H,2,3,4,5). The summed E-state index contributed by atoms with van der Waals surface area (Å²) >= 11 is 0. The fourth-order valence-corrected chi connectivity index (χ4v) is 4.30. The number of halogens is 1. The Labute approximate surface area is 216 Å². The Balaban J connectivity index is 0.000000586. The lowest BCUT2D eigenvalue weighted by molar-refractivity contribution is -2.00. The molecule has 3 aromatic carbocycles. The van der Waals surface area contributed by atoms with Crippen molar-refractivity contribution < 1.29 is 43.1 Å². The molecule has 9 nitrogen and oxygen atoms in total. The van der Waals surface area contributed by atoms with Gasteiger partial charge in [-0.1, -0.05) is 30.3 Å². The van der Waals surface area contributed by atoms with Gasteiger partial charge in [0.2, 0.25) is 5.36 Å². The van der Waals surface area contributed by atoms with Crippen molar-refractivity contribution in [3.63, 3.8) is 0 Å². The minimum atomic E-state index is -4.94. The molecule has 1 fully saturated rings. The van der Waals surface area contributed by atoms with Crippen LogP contribution in [0, 0.1) is 10.2 Å². The quantitative estimate of drug-likeness (QED) is 0.346. The van der Waals surface area contributed by atoms with Crippen LogP contribution in [0.2, 0.25) is 0 Å². The maximum absolute atomic E-state index is 10.1. The van der Waals surface area contributed by atoms with Crippen LogP contribution in [0.25, 0.3) is 22.3 Å². The van der Waals surface area contributed by atoms with Crippen molar-refractivity contribution in [1.29, 1.82) is 0 Å². The molecule has 1 aliphatic heterocycles. The van der Waals surface area contributed by atoms with Gasteiger partial charge >= 0.3 is 0 Å². The lowest BCUT2D eigenvalue weighted by Crippen LogP contribution is -2.68. The molecule has 1 aliphatic rings. The molecule has 0 atom stereocenters. The van der Waals surface area contributed by atoms with Gasteiger partial charge in [-0.2, -0.15) is 0 Å². The molecule has 2 heterocycles. The molecule has 0 bridgehead atoms. The minimum Gasteiger partial charge on any atom is -0.508 e. The normalized spacial score (nSPS) is 14.2. The summed E-state index contributed by atoms with van der Waals surface area (Å²) in [5.41, 5.74) is 3.10. The average molecular weight is 527 g/mol. The molecule has 37 heavy (non-hydrogen) atoms. The highest BCUT2D eigenvalue weighted by molar-refractivity contribution is 5.80. The largest absolute Gasteiger partial charge is 0.508 e. The summed E-state index contributed by atoms with van der Waals surface area (Å²) in [4.78, 5) is 2.49. The average Bonchev–Trinajstić information content (AvgIpc) is 2.88. The second-order valence-electron chi connectivity index (χ2n) is 8.53. The third kappa shape index (κ3) is 7.53. The molecular formula is C27H27ClN2O7. The Hall–Kier alpha value is -3.44. The molecule has 1 N–H and O–H groups in total. The maximum Gasteiger partial charge on any atom is 0.215 e. The lowest BCUT2D eigenvalue weighted by atomic mass is 10.1. The summed E-state index contributed by atoms with van der Waals surface area (Å²) in [6.07, 6.45) is 0. The van der Waals surface area contributed by atoms with Crippen LogP contribution >= 0.6 is 0 Å². The van der Waals surface area contributed by atoms with Crippen LogP contribution in [0.5, 0.6) is 11.5 Å². The molecule has 0 unspecified atom stereocenters. The van der Waals surface area contributed by atoms with Gasteiger partial charge in [0.15, 0.2) is 13.1 Å². The number of piperazine rings is 1. The van der Waals surface area contributed by atoms with Gasteiger partial charge in [0.05, 0.1) is 31.7 Å². The van der Waals surface area contributed by atoms with Gasteiger partial charge in [0.1, 0.15) is 22.8 Å². The zero-order valence-corrected chi connectivity index (χ0v) is 21.0. The number of fused-ring (bicyclic) bond motifs is 1. The highest BCUT2D eigenvalue weighted by Gasteiger charge is 2.21. The van der Waals surface area contributed by atoms with Gasteiger partial charge in [-0.05, 0) is 48.0 Å². The van der Waals surface area contributed by atoms with Crippen molar-refractivity contribution in [2.45, 2.75) is 6.54 Å². The van der Waals surface area contributed by atoms with Gasteiger partial charge < -0.3 is 14.3 Å². The van der Waals surface area contributed by atoms with E-state index in [0.717, 1.165) is 66.1 Å². The third-order valence-electron chi connectivity index (χ3n) is 6.06. The van der Waals surface area contributed by atoms with E-state index in [4.69, 9.17) is 27.8 Å². The number of benzene rings is 3.